The number of hydrogen-bond acceptors (Lipinski definition) is 3. The topological polar surface area (TPSA) is 31.4 Å². The average Bonchev–Trinajstić information content (AvgIpc) is 2.80. The molecule has 0 aliphatic carbocycles. The summed E-state index contributed by atoms with van der Waals surface area (Å²) in [6.07, 6.45) is 2.13. The summed E-state index contributed by atoms with van der Waals surface area (Å²) in [7, 11) is 0. The molecule has 0 amide bonds. The van der Waals surface area contributed by atoms with Gasteiger partial charge in [-0.25, -0.2) is 9.37 Å². The number of hydrogen-bond donors (Lipinski definition) is 0. The van der Waals surface area contributed by atoms with Crippen LogP contribution in [-0.2, 0) is 10.6 Å². The van der Waals surface area contributed by atoms with Crippen LogP contribution in [0.2, 0.25) is 0 Å². The fourth-order valence-electron chi connectivity index (χ4n) is 1.61. The van der Waals surface area contributed by atoms with Crippen molar-refractivity contribution < 1.29 is 13.9 Å². The zero-order chi connectivity index (χ0) is 11.4. The highest BCUT2D eigenvalue weighted by Gasteiger charge is 2.17. The maximum Gasteiger partial charge on any atom is 0.217 e. The lowest BCUT2D eigenvalue weighted by Gasteiger charge is -2.11. The van der Waals surface area contributed by atoms with Gasteiger partial charge in [0.15, 0.2) is 0 Å². The predicted molar refractivity (Wildman–Crippen MR) is 58.2 cm³/mol. The number of ether oxygens (including phenoxy) is 2. The Labute approximate surface area is 98.5 Å². The zero-order valence-electron chi connectivity index (χ0n) is 8.79. The lowest BCUT2D eigenvalue weighted by molar-refractivity contribution is 0.165. The Bertz CT molecular complexity index is 356. The molecule has 1 atom stereocenters. The van der Waals surface area contributed by atoms with Crippen LogP contribution in [0.25, 0.3) is 0 Å². The Kier molecular flexibility index (Phi) is 3.96. The van der Waals surface area contributed by atoms with Crippen LogP contribution in [0.4, 0.5) is 4.39 Å². The molecule has 0 aromatic carbocycles. The van der Waals surface area contributed by atoms with E-state index in [9.17, 15) is 4.39 Å². The van der Waals surface area contributed by atoms with Crippen LogP contribution in [0, 0.1) is 11.7 Å². The number of alkyl halides is 1. The predicted octanol–water partition coefficient (Wildman–Crippen LogP) is 2.37. The molecule has 1 aliphatic heterocycles. The van der Waals surface area contributed by atoms with E-state index >= 15 is 0 Å². The molecule has 0 spiro atoms. The number of halogens is 2. The summed E-state index contributed by atoms with van der Waals surface area (Å²) in [5.41, 5.74) is 0.584. The van der Waals surface area contributed by atoms with Crippen LogP contribution >= 0.6 is 11.6 Å². The van der Waals surface area contributed by atoms with Crippen molar-refractivity contribution in [1.29, 1.82) is 0 Å². The van der Waals surface area contributed by atoms with Crippen LogP contribution < -0.4 is 4.74 Å². The minimum atomic E-state index is -0.396. The van der Waals surface area contributed by atoms with Gasteiger partial charge in [-0.1, -0.05) is 0 Å². The highest BCUT2D eigenvalue weighted by molar-refractivity contribution is 6.17. The van der Waals surface area contributed by atoms with Crippen LogP contribution in [0.5, 0.6) is 5.88 Å². The molecule has 0 bridgehead atoms. The van der Waals surface area contributed by atoms with Gasteiger partial charge in [-0.05, 0) is 12.5 Å². The largest absolute Gasteiger partial charge is 0.477 e. The maximum atomic E-state index is 12.9. The van der Waals surface area contributed by atoms with Crippen LogP contribution in [-0.4, -0.2) is 24.8 Å². The van der Waals surface area contributed by atoms with Crippen LogP contribution in [0.15, 0.2) is 12.3 Å². The van der Waals surface area contributed by atoms with Gasteiger partial charge in [0.05, 0.1) is 25.3 Å². The van der Waals surface area contributed by atoms with Gasteiger partial charge < -0.3 is 9.47 Å². The smallest absolute Gasteiger partial charge is 0.217 e. The highest BCUT2D eigenvalue weighted by Crippen LogP contribution is 2.20. The van der Waals surface area contributed by atoms with Crippen LogP contribution in [0.1, 0.15) is 12.0 Å². The molecule has 1 aromatic heterocycles. The van der Waals surface area contributed by atoms with Gasteiger partial charge in [0, 0.05) is 18.1 Å². The monoisotopic (exact) mass is 245 g/mol. The van der Waals surface area contributed by atoms with E-state index in [1.54, 1.807) is 0 Å². The highest BCUT2D eigenvalue weighted by atomic mass is 35.5. The molecule has 88 valence electrons. The summed E-state index contributed by atoms with van der Waals surface area (Å²) >= 11 is 5.69. The molecule has 1 fully saturated rings. The van der Waals surface area contributed by atoms with Crippen molar-refractivity contribution in [2.75, 3.05) is 19.8 Å². The molecule has 3 nitrogen and oxygen atoms in total. The molecule has 1 unspecified atom stereocenters. The second kappa shape index (κ2) is 5.46. The summed E-state index contributed by atoms with van der Waals surface area (Å²) in [4.78, 5) is 3.89. The molecule has 1 aromatic rings. The third-order valence-electron chi connectivity index (χ3n) is 2.52. The zero-order valence-corrected chi connectivity index (χ0v) is 9.54. The van der Waals surface area contributed by atoms with Crippen molar-refractivity contribution in [3.8, 4) is 5.88 Å². The van der Waals surface area contributed by atoms with Crippen molar-refractivity contribution in [2.24, 2.45) is 5.92 Å². The quantitative estimate of drug-likeness (QED) is 0.764. The minimum Gasteiger partial charge on any atom is -0.477 e. The van der Waals surface area contributed by atoms with Gasteiger partial charge >= 0.3 is 0 Å². The fraction of sp³-hybridized carbons (Fsp3) is 0.545. The summed E-state index contributed by atoms with van der Waals surface area (Å²) in [6, 6.07) is 1.35. The molecular weight excluding hydrogens is 233 g/mol. The molecule has 1 saturated heterocycles. The van der Waals surface area contributed by atoms with Gasteiger partial charge in [-0.3, -0.25) is 0 Å². The van der Waals surface area contributed by atoms with Crippen molar-refractivity contribution in [2.45, 2.75) is 12.3 Å². The first kappa shape index (κ1) is 11.6. The van der Waals surface area contributed by atoms with E-state index in [1.165, 1.54) is 6.07 Å². The van der Waals surface area contributed by atoms with Gasteiger partial charge in [-0.15, -0.1) is 11.6 Å². The normalized spacial score (nSPS) is 20.0. The Morgan fingerprint density at radius 1 is 1.62 bits per heavy atom. The first-order valence-electron chi connectivity index (χ1n) is 5.20. The molecule has 0 radical (unpaired) electrons. The van der Waals surface area contributed by atoms with E-state index < -0.39 is 5.82 Å². The second-order valence-electron chi connectivity index (χ2n) is 3.79. The van der Waals surface area contributed by atoms with E-state index in [0.29, 0.717) is 24.0 Å². The first-order chi connectivity index (χ1) is 7.79. The molecule has 0 N–H and O–H groups in total. The maximum absolute atomic E-state index is 12.9. The summed E-state index contributed by atoms with van der Waals surface area (Å²) in [5, 5.41) is 0. The van der Waals surface area contributed by atoms with Crippen molar-refractivity contribution in [1.82, 2.24) is 4.98 Å². The number of pyridine rings is 1. The van der Waals surface area contributed by atoms with Gasteiger partial charge in [0.1, 0.15) is 5.82 Å². The van der Waals surface area contributed by atoms with Gasteiger partial charge in [-0.2, -0.15) is 0 Å². The summed E-state index contributed by atoms with van der Waals surface area (Å²) in [6.45, 7) is 2.05. The third-order valence-corrected chi connectivity index (χ3v) is 2.80. The van der Waals surface area contributed by atoms with E-state index in [4.69, 9.17) is 21.1 Å². The number of rotatable bonds is 4. The molecule has 5 heteroatoms. The van der Waals surface area contributed by atoms with Gasteiger partial charge in [0.2, 0.25) is 5.88 Å². The molecule has 2 heterocycles. The second-order valence-corrected chi connectivity index (χ2v) is 4.06. The lowest BCUT2D eigenvalue weighted by Crippen LogP contribution is -2.13. The van der Waals surface area contributed by atoms with E-state index in [-0.39, 0.29) is 5.88 Å². The SMILES string of the molecule is Fc1cnc(OCC2CCOC2)c(CCl)c1. The Balaban J connectivity index is 1.97. The molecule has 1 aliphatic rings. The number of aromatic nitrogens is 1. The van der Waals surface area contributed by atoms with Crippen molar-refractivity contribution in [3.63, 3.8) is 0 Å². The van der Waals surface area contributed by atoms with Crippen LogP contribution in [0.3, 0.4) is 0 Å². The Morgan fingerprint density at radius 3 is 3.19 bits per heavy atom. The molecule has 2 rings (SSSR count). The van der Waals surface area contributed by atoms with E-state index in [1.807, 2.05) is 0 Å². The molecule has 16 heavy (non-hydrogen) atoms. The fourth-order valence-corrected chi connectivity index (χ4v) is 1.80. The Morgan fingerprint density at radius 2 is 2.50 bits per heavy atom. The van der Waals surface area contributed by atoms with E-state index in [0.717, 1.165) is 25.8 Å². The van der Waals surface area contributed by atoms with E-state index in [2.05, 4.69) is 4.98 Å². The van der Waals surface area contributed by atoms with Crippen molar-refractivity contribution in [3.05, 3.63) is 23.6 Å². The standard InChI is InChI=1S/C11H13ClFNO2/c12-4-9-3-10(13)5-14-11(9)16-7-8-1-2-15-6-8/h3,5,8H,1-2,4,6-7H2. The Hall–Kier alpha value is -0.870. The number of nitrogens with zero attached hydrogens (tertiary/aromatic N) is 1. The third kappa shape index (κ3) is 2.83. The first-order valence-corrected chi connectivity index (χ1v) is 5.74. The lowest BCUT2D eigenvalue weighted by atomic mass is 10.1. The van der Waals surface area contributed by atoms with Crippen molar-refractivity contribution >= 4 is 11.6 Å². The average molecular weight is 246 g/mol. The summed E-state index contributed by atoms with van der Waals surface area (Å²) in [5.74, 6) is 0.617. The molecule has 0 saturated carbocycles. The minimum absolute atomic E-state index is 0.196. The summed E-state index contributed by atoms with van der Waals surface area (Å²) < 4.78 is 23.6. The van der Waals surface area contributed by atoms with Gasteiger partial charge in [0.25, 0.3) is 0 Å². The molecular formula is C11H13ClFNO2.